The van der Waals surface area contributed by atoms with Gasteiger partial charge < -0.3 is 0 Å². The highest BCUT2D eigenvalue weighted by atomic mass is 79.9. The molecule has 0 amide bonds. The number of fused-ring (bicyclic) bond motifs is 1. The molecule has 0 bridgehead atoms. The highest BCUT2D eigenvalue weighted by molar-refractivity contribution is 9.10. The molecule has 0 fully saturated rings. The molecule has 0 radical (unpaired) electrons. The highest BCUT2D eigenvalue weighted by Gasteiger charge is 2.23. The Kier molecular flexibility index (Phi) is 4.29. The van der Waals surface area contributed by atoms with E-state index in [9.17, 15) is 4.79 Å². The summed E-state index contributed by atoms with van der Waals surface area (Å²) in [6, 6.07) is 10.4. The summed E-state index contributed by atoms with van der Waals surface area (Å²) in [5, 5.41) is 4.90. The fourth-order valence-electron chi connectivity index (χ4n) is 1.93. The first kappa shape index (κ1) is 15.2. The van der Waals surface area contributed by atoms with Gasteiger partial charge in [0.1, 0.15) is 5.71 Å². The lowest BCUT2D eigenvalue weighted by Gasteiger charge is -2.01. The predicted molar refractivity (Wildman–Crippen MR) is 94.1 cm³/mol. The number of ketones is 1. The summed E-state index contributed by atoms with van der Waals surface area (Å²) in [4.78, 5) is 16.4. The Hall–Kier alpha value is -1.69. The van der Waals surface area contributed by atoms with Crippen LogP contribution >= 0.6 is 39.1 Å². The minimum absolute atomic E-state index is 0.156. The SMILES string of the molecule is O=C1C(/C=N\Nc2ccc(Cl)c(Cl)c2)=Nc2ccc(Br)cc21. The minimum atomic E-state index is -0.156. The van der Waals surface area contributed by atoms with Crippen molar-refractivity contribution in [2.24, 2.45) is 10.1 Å². The summed E-state index contributed by atoms with van der Waals surface area (Å²) >= 11 is 15.1. The van der Waals surface area contributed by atoms with E-state index < -0.39 is 0 Å². The summed E-state index contributed by atoms with van der Waals surface area (Å²) in [5.41, 5.74) is 4.93. The van der Waals surface area contributed by atoms with Gasteiger partial charge in [0, 0.05) is 4.47 Å². The molecule has 0 unspecified atom stereocenters. The second-order valence-electron chi connectivity index (χ2n) is 4.49. The van der Waals surface area contributed by atoms with E-state index in [0.29, 0.717) is 27.0 Å². The molecule has 22 heavy (non-hydrogen) atoms. The number of nitrogens with one attached hydrogen (secondary N) is 1. The van der Waals surface area contributed by atoms with Crippen molar-refractivity contribution >= 4 is 68.2 Å². The molecular weight excluding hydrogens is 389 g/mol. The van der Waals surface area contributed by atoms with E-state index >= 15 is 0 Å². The van der Waals surface area contributed by atoms with Crippen LogP contribution in [0.5, 0.6) is 0 Å². The Labute approximate surface area is 145 Å². The third-order valence-corrected chi connectivity index (χ3v) is 4.21. The van der Waals surface area contributed by atoms with Crippen LogP contribution < -0.4 is 5.43 Å². The first-order valence-electron chi connectivity index (χ1n) is 6.21. The predicted octanol–water partition coefficient (Wildman–Crippen LogP) is 5.12. The van der Waals surface area contributed by atoms with E-state index in [4.69, 9.17) is 23.2 Å². The average molecular weight is 397 g/mol. The smallest absolute Gasteiger partial charge is 0.215 e. The number of hydrazone groups is 1. The van der Waals surface area contributed by atoms with Crippen LogP contribution in [0.15, 0.2) is 51.0 Å². The molecule has 0 saturated carbocycles. The first-order valence-corrected chi connectivity index (χ1v) is 7.76. The lowest BCUT2D eigenvalue weighted by molar-refractivity contribution is 0.107. The molecule has 1 aliphatic heterocycles. The largest absolute Gasteiger partial charge is 0.287 e. The van der Waals surface area contributed by atoms with Crippen LogP contribution in [0.4, 0.5) is 11.4 Å². The van der Waals surface area contributed by atoms with Crippen molar-refractivity contribution in [3.05, 3.63) is 56.5 Å². The summed E-state index contributed by atoms with van der Waals surface area (Å²) in [6.45, 7) is 0. The van der Waals surface area contributed by atoms with Crippen LogP contribution in [0, 0.1) is 0 Å². The van der Waals surface area contributed by atoms with Crippen LogP contribution in [-0.4, -0.2) is 17.7 Å². The molecule has 4 nitrogen and oxygen atoms in total. The number of halogens is 3. The molecule has 1 N–H and O–H groups in total. The Morgan fingerprint density at radius 1 is 1.14 bits per heavy atom. The van der Waals surface area contributed by atoms with Crippen molar-refractivity contribution in [1.82, 2.24) is 0 Å². The Bertz CT molecular complexity index is 834. The maximum Gasteiger partial charge on any atom is 0.215 e. The zero-order valence-corrected chi connectivity index (χ0v) is 14.1. The Balaban J connectivity index is 1.74. The van der Waals surface area contributed by atoms with Crippen LogP contribution in [-0.2, 0) is 0 Å². The van der Waals surface area contributed by atoms with Crippen LogP contribution in [0.2, 0.25) is 10.0 Å². The number of hydrogen-bond donors (Lipinski definition) is 1. The maximum absolute atomic E-state index is 12.2. The molecule has 110 valence electrons. The molecule has 0 aliphatic carbocycles. The van der Waals surface area contributed by atoms with Crippen molar-refractivity contribution < 1.29 is 4.79 Å². The average Bonchev–Trinajstić information content (AvgIpc) is 2.79. The highest BCUT2D eigenvalue weighted by Crippen LogP contribution is 2.29. The van der Waals surface area contributed by atoms with E-state index in [1.807, 2.05) is 6.07 Å². The van der Waals surface area contributed by atoms with Crippen molar-refractivity contribution in [3.8, 4) is 0 Å². The van der Waals surface area contributed by atoms with E-state index in [0.717, 1.165) is 4.47 Å². The Morgan fingerprint density at radius 3 is 2.73 bits per heavy atom. The third-order valence-electron chi connectivity index (χ3n) is 2.98. The summed E-state index contributed by atoms with van der Waals surface area (Å²) in [7, 11) is 0. The molecule has 0 saturated heterocycles. The summed E-state index contributed by atoms with van der Waals surface area (Å²) in [6.07, 6.45) is 1.39. The second-order valence-corrected chi connectivity index (χ2v) is 6.22. The lowest BCUT2D eigenvalue weighted by atomic mass is 10.1. The van der Waals surface area contributed by atoms with Gasteiger partial charge in [-0.25, -0.2) is 4.99 Å². The number of carbonyl (C=O) groups is 1. The van der Waals surface area contributed by atoms with Crippen molar-refractivity contribution in [1.29, 1.82) is 0 Å². The third kappa shape index (κ3) is 3.06. The zero-order valence-electron chi connectivity index (χ0n) is 11.0. The van der Waals surface area contributed by atoms with Crippen LogP contribution in [0.1, 0.15) is 10.4 Å². The number of rotatable bonds is 3. The van der Waals surface area contributed by atoms with Gasteiger partial charge in [0.15, 0.2) is 0 Å². The molecule has 0 aromatic heterocycles. The standard InChI is InChI=1S/C15H8BrCl2N3O/c16-8-1-4-13-10(5-8)15(22)14(20-13)7-19-21-9-2-3-11(17)12(18)6-9/h1-7,21H/b19-7-. The van der Waals surface area contributed by atoms with Gasteiger partial charge in [0.05, 0.1) is 33.2 Å². The monoisotopic (exact) mass is 395 g/mol. The number of Topliss-reactive ketones (excluding diaryl/α,β-unsaturated/α-hetero) is 1. The number of hydrogen-bond acceptors (Lipinski definition) is 4. The van der Waals surface area contributed by atoms with Gasteiger partial charge in [-0.2, -0.15) is 5.10 Å². The fourth-order valence-corrected chi connectivity index (χ4v) is 2.59. The zero-order chi connectivity index (χ0) is 15.7. The summed E-state index contributed by atoms with van der Waals surface area (Å²) < 4.78 is 0.835. The quantitative estimate of drug-likeness (QED) is 0.578. The maximum atomic E-state index is 12.2. The van der Waals surface area contributed by atoms with Crippen molar-refractivity contribution in [2.75, 3.05) is 5.43 Å². The van der Waals surface area contributed by atoms with Crippen LogP contribution in [0.3, 0.4) is 0 Å². The molecule has 7 heteroatoms. The lowest BCUT2D eigenvalue weighted by Crippen LogP contribution is -2.11. The molecule has 2 aromatic rings. The fraction of sp³-hybridized carbons (Fsp3) is 0. The van der Waals surface area contributed by atoms with E-state index in [2.05, 4.69) is 31.4 Å². The van der Waals surface area contributed by atoms with Gasteiger partial charge in [-0.1, -0.05) is 39.1 Å². The Morgan fingerprint density at radius 2 is 1.95 bits per heavy atom. The molecule has 0 spiro atoms. The van der Waals surface area contributed by atoms with Crippen molar-refractivity contribution in [3.63, 3.8) is 0 Å². The van der Waals surface area contributed by atoms with Gasteiger partial charge in [-0.05, 0) is 36.4 Å². The topological polar surface area (TPSA) is 53.8 Å². The number of aliphatic imine (C=N–C) groups is 1. The number of nitrogens with zero attached hydrogens (tertiary/aromatic N) is 2. The van der Waals surface area contributed by atoms with Gasteiger partial charge in [-0.3, -0.25) is 10.2 Å². The van der Waals surface area contributed by atoms with Gasteiger partial charge in [0.25, 0.3) is 0 Å². The van der Waals surface area contributed by atoms with Gasteiger partial charge >= 0.3 is 0 Å². The molecule has 1 heterocycles. The number of carbonyl (C=O) groups excluding carboxylic acids is 1. The second kappa shape index (κ2) is 6.20. The molecule has 1 aliphatic rings. The first-order chi connectivity index (χ1) is 10.5. The van der Waals surface area contributed by atoms with Gasteiger partial charge in [0.2, 0.25) is 5.78 Å². The van der Waals surface area contributed by atoms with Crippen LogP contribution in [0.25, 0.3) is 0 Å². The number of benzene rings is 2. The van der Waals surface area contributed by atoms with E-state index in [-0.39, 0.29) is 11.5 Å². The van der Waals surface area contributed by atoms with Gasteiger partial charge in [-0.15, -0.1) is 0 Å². The van der Waals surface area contributed by atoms with Crippen molar-refractivity contribution in [2.45, 2.75) is 0 Å². The number of anilines is 1. The van der Waals surface area contributed by atoms with E-state index in [1.165, 1.54) is 6.21 Å². The van der Waals surface area contributed by atoms with E-state index in [1.54, 1.807) is 30.3 Å². The molecule has 0 atom stereocenters. The minimum Gasteiger partial charge on any atom is -0.287 e. The normalized spacial score (nSPS) is 13.4. The summed E-state index contributed by atoms with van der Waals surface area (Å²) in [5.74, 6) is -0.156. The molecule has 3 rings (SSSR count). The molecule has 2 aromatic carbocycles. The molecular formula is C15H8BrCl2N3O.